The average molecular weight is 373 g/mol. The Bertz CT molecular complexity index is 724. The lowest BCUT2D eigenvalue weighted by Crippen LogP contribution is -2.54. The molecule has 1 aliphatic heterocycles. The van der Waals surface area contributed by atoms with Crippen molar-refractivity contribution < 1.29 is 19.5 Å². The number of allylic oxidation sites excluding steroid dienone is 2. The van der Waals surface area contributed by atoms with Gasteiger partial charge in [-0.1, -0.05) is 31.0 Å². The van der Waals surface area contributed by atoms with E-state index in [0.717, 1.165) is 25.2 Å². The monoisotopic (exact) mass is 373 g/mol. The molecule has 6 atom stereocenters. The number of epoxide rings is 1. The van der Waals surface area contributed by atoms with Crippen LogP contribution in [0.4, 0.5) is 0 Å². The van der Waals surface area contributed by atoms with Crippen LogP contribution in [0.3, 0.4) is 0 Å². The molecule has 5 rings (SSSR count). The first-order valence-corrected chi connectivity index (χ1v) is 10.7. The van der Waals surface area contributed by atoms with Gasteiger partial charge in [0.25, 0.3) is 0 Å². The van der Waals surface area contributed by atoms with Gasteiger partial charge in [0.15, 0.2) is 0 Å². The minimum atomic E-state index is -0.971. The topological polar surface area (TPSA) is 71.4 Å². The summed E-state index contributed by atoms with van der Waals surface area (Å²) in [5.41, 5.74) is 3.12. The van der Waals surface area contributed by atoms with Crippen molar-refractivity contribution in [2.24, 2.45) is 33.7 Å². The molecule has 1 saturated heterocycles. The smallest absolute Gasteiger partial charge is 0.344 e. The maximum Gasteiger partial charge on any atom is 0.344 e. The van der Waals surface area contributed by atoms with Gasteiger partial charge in [0, 0.05) is 11.3 Å². The van der Waals surface area contributed by atoms with Crippen LogP contribution in [0.5, 0.6) is 0 Å². The van der Waals surface area contributed by atoms with E-state index < -0.39 is 5.97 Å². The Morgan fingerprint density at radius 1 is 1.26 bits per heavy atom. The van der Waals surface area contributed by atoms with Crippen LogP contribution in [0.2, 0.25) is 0 Å². The summed E-state index contributed by atoms with van der Waals surface area (Å²) in [6, 6.07) is 0. The fourth-order valence-corrected chi connectivity index (χ4v) is 7.36. The van der Waals surface area contributed by atoms with Crippen LogP contribution in [-0.4, -0.2) is 35.6 Å². The Morgan fingerprint density at radius 2 is 2.04 bits per heavy atom. The Morgan fingerprint density at radius 3 is 2.78 bits per heavy atom. The molecule has 0 aromatic carbocycles. The van der Waals surface area contributed by atoms with Gasteiger partial charge in [-0.3, -0.25) is 0 Å². The number of carbonyl (C=O) groups is 1. The molecule has 0 aromatic rings. The Balaban J connectivity index is 1.55. The summed E-state index contributed by atoms with van der Waals surface area (Å²) in [6.07, 6.45) is 12.1. The van der Waals surface area contributed by atoms with Crippen molar-refractivity contribution >= 4 is 11.7 Å². The average Bonchev–Trinajstić information content (AvgIpc) is 3.36. The first-order valence-electron chi connectivity index (χ1n) is 10.7. The van der Waals surface area contributed by atoms with Crippen LogP contribution in [0.1, 0.15) is 65.2 Å². The Hall–Kier alpha value is -1.36. The number of hydrogen-bond donors (Lipinski definition) is 1. The second-order valence-electron chi connectivity index (χ2n) is 9.99. The lowest BCUT2D eigenvalue weighted by molar-refractivity contribution is -0.142. The van der Waals surface area contributed by atoms with Crippen molar-refractivity contribution in [2.45, 2.75) is 70.8 Å². The van der Waals surface area contributed by atoms with Gasteiger partial charge < -0.3 is 14.7 Å². The number of ether oxygens (including phenoxy) is 1. The third-order valence-electron chi connectivity index (χ3n) is 9.02. The number of aliphatic carboxylic acids is 1. The predicted octanol–water partition coefficient (Wildman–Crippen LogP) is 4.18. The van der Waals surface area contributed by atoms with Crippen LogP contribution in [0, 0.1) is 28.6 Å². The van der Waals surface area contributed by atoms with Gasteiger partial charge in [0.2, 0.25) is 6.61 Å². The number of carboxylic acid groups (broad SMARTS) is 1. The molecule has 5 heteroatoms. The van der Waals surface area contributed by atoms with Gasteiger partial charge in [-0.15, -0.1) is 0 Å². The third kappa shape index (κ3) is 2.39. The van der Waals surface area contributed by atoms with E-state index in [2.05, 4.69) is 25.1 Å². The van der Waals surface area contributed by atoms with Gasteiger partial charge in [0.1, 0.15) is 0 Å². The van der Waals surface area contributed by atoms with Crippen molar-refractivity contribution in [3.63, 3.8) is 0 Å². The van der Waals surface area contributed by atoms with Gasteiger partial charge in [-0.05, 0) is 68.3 Å². The van der Waals surface area contributed by atoms with Gasteiger partial charge >= 0.3 is 5.97 Å². The fraction of sp³-hybridized carbons (Fsp3) is 0.818. The third-order valence-corrected chi connectivity index (χ3v) is 9.02. The second kappa shape index (κ2) is 5.82. The molecule has 4 aliphatic carbocycles. The maximum atomic E-state index is 10.9. The summed E-state index contributed by atoms with van der Waals surface area (Å²) < 4.78 is 6.02. The molecule has 0 radical (unpaired) electrons. The highest BCUT2D eigenvalue weighted by atomic mass is 16.6. The number of oxime groups is 1. The van der Waals surface area contributed by atoms with Gasteiger partial charge in [-0.25, -0.2) is 4.79 Å². The summed E-state index contributed by atoms with van der Waals surface area (Å²) >= 11 is 0. The molecule has 1 heterocycles. The Kier molecular flexibility index (Phi) is 3.82. The van der Waals surface area contributed by atoms with E-state index in [4.69, 9.17) is 14.7 Å². The van der Waals surface area contributed by atoms with Gasteiger partial charge in [-0.2, -0.15) is 0 Å². The first-order chi connectivity index (χ1) is 12.9. The molecule has 1 N–H and O–H groups in total. The summed E-state index contributed by atoms with van der Waals surface area (Å²) in [4.78, 5) is 16.2. The Labute approximate surface area is 161 Å². The normalized spacial score (nSPS) is 49.2. The summed E-state index contributed by atoms with van der Waals surface area (Å²) in [5, 5.41) is 13.4. The number of fused-ring (bicyclic) bond motifs is 6. The maximum absolute atomic E-state index is 10.9. The molecule has 1 spiro atoms. The molecule has 0 aromatic heterocycles. The van der Waals surface area contributed by atoms with Crippen molar-refractivity contribution in [1.29, 1.82) is 0 Å². The lowest BCUT2D eigenvalue weighted by atomic mass is 9.47. The zero-order chi connectivity index (χ0) is 18.9. The number of carboxylic acids is 1. The molecule has 5 aliphatic rings. The zero-order valence-electron chi connectivity index (χ0n) is 16.5. The van der Waals surface area contributed by atoms with E-state index in [-0.39, 0.29) is 23.0 Å². The van der Waals surface area contributed by atoms with Crippen LogP contribution < -0.4 is 0 Å². The molecule has 148 valence electrons. The number of rotatable bonds is 3. The molecular formula is C22H31NO4. The van der Waals surface area contributed by atoms with E-state index in [1.165, 1.54) is 44.1 Å². The number of nitrogens with zero attached hydrogens (tertiary/aromatic N) is 1. The molecular weight excluding hydrogens is 342 g/mol. The minimum absolute atomic E-state index is 0.104. The zero-order valence-corrected chi connectivity index (χ0v) is 16.5. The van der Waals surface area contributed by atoms with E-state index in [1.807, 2.05) is 0 Å². The standard InChI is InChI=1S/C22H31NO4/c1-20-8-4-3-5-14(20)11-17(23-27-12-18(24)25)19-15(20)6-9-21(2)16(19)7-10-22(21)13-26-22/h11,15-16,19H,3-10,12-13H2,1-2H3,(H,24,25)/b23-17-/t15?,16?,19?,20-,21-,22+/m0/s1. The molecule has 27 heavy (non-hydrogen) atoms. The summed E-state index contributed by atoms with van der Waals surface area (Å²) in [5.74, 6) is 0.550. The quantitative estimate of drug-likeness (QED) is 0.595. The van der Waals surface area contributed by atoms with E-state index >= 15 is 0 Å². The molecule has 0 amide bonds. The van der Waals surface area contributed by atoms with Crippen molar-refractivity contribution in [3.05, 3.63) is 11.6 Å². The summed E-state index contributed by atoms with van der Waals surface area (Å²) in [6.45, 7) is 5.46. The predicted molar refractivity (Wildman–Crippen MR) is 101 cm³/mol. The van der Waals surface area contributed by atoms with Crippen LogP contribution in [-0.2, 0) is 14.4 Å². The molecule has 5 nitrogen and oxygen atoms in total. The molecule has 3 unspecified atom stereocenters. The highest BCUT2D eigenvalue weighted by Gasteiger charge is 2.70. The van der Waals surface area contributed by atoms with Gasteiger partial charge in [0.05, 0.1) is 17.9 Å². The van der Waals surface area contributed by atoms with E-state index in [9.17, 15) is 4.79 Å². The van der Waals surface area contributed by atoms with E-state index in [1.54, 1.807) is 0 Å². The van der Waals surface area contributed by atoms with Crippen molar-refractivity contribution in [3.8, 4) is 0 Å². The van der Waals surface area contributed by atoms with Crippen molar-refractivity contribution in [1.82, 2.24) is 0 Å². The van der Waals surface area contributed by atoms with E-state index in [0.29, 0.717) is 17.8 Å². The SMILES string of the molecule is C[C@]12CCCCC1=C/C(=N/OCC(=O)O)C1C2CC[C@@]2(C)C1CC[C@@]21CO1. The second-order valence-corrected chi connectivity index (χ2v) is 9.99. The number of hydrogen-bond acceptors (Lipinski definition) is 4. The molecule has 4 fully saturated rings. The van der Waals surface area contributed by atoms with Crippen LogP contribution in [0.15, 0.2) is 16.8 Å². The largest absolute Gasteiger partial charge is 0.479 e. The molecule has 0 bridgehead atoms. The first kappa shape index (κ1) is 17.7. The highest BCUT2D eigenvalue weighted by molar-refractivity contribution is 5.99. The molecule has 3 saturated carbocycles. The van der Waals surface area contributed by atoms with Crippen LogP contribution in [0.25, 0.3) is 0 Å². The highest BCUT2D eigenvalue weighted by Crippen LogP contribution is 2.70. The fourth-order valence-electron chi connectivity index (χ4n) is 7.36. The van der Waals surface area contributed by atoms with Crippen LogP contribution >= 0.6 is 0 Å². The minimum Gasteiger partial charge on any atom is -0.479 e. The summed E-state index contributed by atoms with van der Waals surface area (Å²) in [7, 11) is 0. The lowest BCUT2D eigenvalue weighted by Gasteiger charge is -2.57. The van der Waals surface area contributed by atoms with Crippen molar-refractivity contribution in [2.75, 3.05) is 13.2 Å².